The van der Waals surface area contributed by atoms with Gasteiger partial charge in [-0.15, -0.1) is 0 Å². The van der Waals surface area contributed by atoms with Crippen LogP contribution in [0.3, 0.4) is 0 Å². The van der Waals surface area contributed by atoms with E-state index in [1.807, 2.05) is 13.8 Å². The van der Waals surface area contributed by atoms with Crippen LogP contribution in [-0.4, -0.2) is 55.3 Å². The molecular weight excluding hydrogens is 280 g/mol. The number of carbonyl (C=O) groups excluding carboxylic acids is 2. The summed E-state index contributed by atoms with van der Waals surface area (Å²) in [5, 5.41) is 2.71. The van der Waals surface area contributed by atoms with Gasteiger partial charge in [0.15, 0.2) is 0 Å². The Morgan fingerprint density at radius 2 is 1.80 bits per heavy atom. The molecule has 20 heavy (non-hydrogen) atoms. The summed E-state index contributed by atoms with van der Waals surface area (Å²) in [4.78, 5) is 26.2. The first kappa shape index (κ1) is 16.9. The molecule has 1 unspecified atom stereocenters. The van der Waals surface area contributed by atoms with Gasteiger partial charge in [0.05, 0.1) is 5.75 Å². The minimum atomic E-state index is -3.06. The molecule has 1 fully saturated rings. The number of carbonyl (C=O) groups is 2. The average Bonchev–Trinajstić information content (AvgIpc) is 2.35. The smallest absolute Gasteiger partial charge is 0.246 e. The van der Waals surface area contributed by atoms with Crippen LogP contribution in [0.4, 0.5) is 0 Å². The Morgan fingerprint density at radius 1 is 1.25 bits per heavy atom. The van der Waals surface area contributed by atoms with Gasteiger partial charge < -0.3 is 10.2 Å². The van der Waals surface area contributed by atoms with Crippen LogP contribution in [0.5, 0.6) is 0 Å². The molecule has 116 valence electrons. The van der Waals surface area contributed by atoms with Gasteiger partial charge >= 0.3 is 0 Å². The average molecular weight is 304 g/mol. The third kappa shape index (κ3) is 3.31. The quantitative estimate of drug-likeness (QED) is 0.766. The van der Waals surface area contributed by atoms with E-state index >= 15 is 0 Å². The first-order valence-electron chi connectivity index (χ1n) is 6.98. The second-order valence-electron chi connectivity index (χ2n) is 5.41. The highest BCUT2D eigenvalue weighted by molar-refractivity contribution is 7.90. The SMILES string of the molecule is CCC1(CC)C(=O)NC(C)C(=O)N1CCCS(C)(=O)=O. The predicted molar refractivity (Wildman–Crippen MR) is 77.0 cm³/mol. The van der Waals surface area contributed by atoms with Crippen molar-refractivity contribution in [3.8, 4) is 0 Å². The fourth-order valence-corrected chi connectivity index (χ4v) is 3.38. The molecule has 0 bridgehead atoms. The summed E-state index contributed by atoms with van der Waals surface area (Å²) in [5.41, 5.74) is -0.846. The molecular formula is C13H24N2O4S. The van der Waals surface area contributed by atoms with Crippen LogP contribution < -0.4 is 5.32 Å². The number of amides is 2. The van der Waals surface area contributed by atoms with Gasteiger partial charge in [-0.1, -0.05) is 13.8 Å². The van der Waals surface area contributed by atoms with Crippen LogP contribution >= 0.6 is 0 Å². The van der Waals surface area contributed by atoms with Crippen molar-refractivity contribution >= 4 is 21.7 Å². The van der Waals surface area contributed by atoms with E-state index in [2.05, 4.69) is 5.32 Å². The van der Waals surface area contributed by atoms with E-state index < -0.39 is 21.4 Å². The lowest BCUT2D eigenvalue weighted by Gasteiger charge is -2.47. The largest absolute Gasteiger partial charge is 0.343 e. The van der Waals surface area contributed by atoms with E-state index in [0.29, 0.717) is 25.8 Å². The summed E-state index contributed by atoms with van der Waals surface area (Å²) in [6.07, 6.45) is 2.57. The van der Waals surface area contributed by atoms with Gasteiger partial charge in [0.2, 0.25) is 11.8 Å². The van der Waals surface area contributed by atoms with Crippen molar-refractivity contribution in [3.05, 3.63) is 0 Å². The van der Waals surface area contributed by atoms with Crippen molar-refractivity contribution in [2.75, 3.05) is 18.6 Å². The van der Waals surface area contributed by atoms with E-state index in [0.717, 1.165) is 0 Å². The number of nitrogens with zero attached hydrogens (tertiary/aromatic N) is 1. The van der Waals surface area contributed by atoms with Crippen molar-refractivity contribution in [1.82, 2.24) is 10.2 Å². The number of sulfone groups is 1. The maximum atomic E-state index is 12.3. The highest BCUT2D eigenvalue weighted by Gasteiger charge is 2.48. The van der Waals surface area contributed by atoms with E-state index in [4.69, 9.17) is 0 Å². The first-order chi connectivity index (χ1) is 9.18. The van der Waals surface area contributed by atoms with Gasteiger partial charge in [-0.2, -0.15) is 0 Å². The standard InChI is InChI=1S/C13H24N2O4S/c1-5-13(6-2)12(17)14-10(3)11(16)15(13)8-7-9-20(4,18)19/h10H,5-9H2,1-4H3,(H,14,17). The normalized spacial score (nSPS) is 22.8. The number of hydrogen-bond acceptors (Lipinski definition) is 4. The zero-order chi connectivity index (χ0) is 15.6. The Labute approximate surface area is 120 Å². The number of piperazine rings is 1. The summed E-state index contributed by atoms with van der Waals surface area (Å²) < 4.78 is 22.4. The Bertz CT molecular complexity index is 483. The molecule has 1 rings (SSSR count). The zero-order valence-electron chi connectivity index (χ0n) is 12.6. The molecule has 1 atom stereocenters. The summed E-state index contributed by atoms with van der Waals surface area (Å²) in [6.45, 7) is 5.69. The third-order valence-corrected chi connectivity index (χ3v) is 5.02. The molecule has 0 aliphatic carbocycles. The van der Waals surface area contributed by atoms with E-state index in [1.54, 1.807) is 11.8 Å². The molecule has 7 heteroatoms. The minimum absolute atomic E-state index is 0.0241. The molecule has 1 N–H and O–H groups in total. The second-order valence-corrected chi connectivity index (χ2v) is 7.67. The van der Waals surface area contributed by atoms with Crippen LogP contribution in [0.2, 0.25) is 0 Å². The van der Waals surface area contributed by atoms with Gasteiger partial charge in [0.1, 0.15) is 21.4 Å². The van der Waals surface area contributed by atoms with Crippen LogP contribution in [-0.2, 0) is 19.4 Å². The van der Waals surface area contributed by atoms with Gasteiger partial charge in [-0.3, -0.25) is 9.59 Å². The molecule has 1 aliphatic rings. The Kier molecular flexibility index (Phi) is 5.18. The molecule has 0 aromatic rings. The highest BCUT2D eigenvalue weighted by Crippen LogP contribution is 2.29. The third-order valence-electron chi connectivity index (χ3n) is 3.99. The number of rotatable bonds is 6. The molecule has 2 amide bonds. The molecule has 0 saturated carbocycles. The molecule has 0 spiro atoms. The molecule has 0 aromatic heterocycles. The number of hydrogen-bond donors (Lipinski definition) is 1. The van der Waals surface area contributed by atoms with Gasteiger partial charge in [-0.05, 0) is 26.2 Å². The lowest BCUT2D eigenvalue weighted by molar-refractivity contribution is -0.157. The lowest BCUT2D eigenvalue weighted by atomic mass is 9.86. The van der Waals surface area contributed by atoms with E-state index in [9.17, 15) is 18.0 Å². The molecule has 0 radical (unpaired) electrons. The van der Waals surface area contributed by atoms with Crippen molar-refractivity contribution in [1.29, 1.82) is 0 Å². The van der Waals surface area contributed by atoms with Crippen molar-refractivity contribution in [2.45, 2.75) is 51.6 Å². The van der Waals surface area contributed by atoms with Crippen LogP contribution in [0.15, 0.2) is 0 Å². The topological polar surface area (TPSA) is 83.6 Å². The summed E-state index contributed by atoms with van der Waals surface area (Å²) in [7, 11) is -3.06. The summed E-state index contributed by atoms with van der Waals surface area (Å²) in [6, 6.07) is -0.549. The first-order valence-corrected chi connectivity index (χ1v) is 9.04. The van der Waals surface area contributed by atoms with Crippen molar-refractivity contribution in [3.63, 3.8) is 0 Å². The zero-order valence-corrected chi connectivity index (χ0v) is 13.4. The fourth-order valence-electron chi connectivity index (χ4n) is 2.72. The van der Waals surface area contributed by atoms with Crippen molar-refractivity contribution < 1.29 is 18.0 Å². The van der Waals surface area contributed by atoms with Gasteiger partial charge in [-0.25, -0.2) is 8.42 Å². The Balaban J connectivity index is 2.95. The Hall–Kier alpha value is -1.11. The molecule has 1 aliphatic heterocycles. The Morgan fingerprint density at radius 3 is 2.25 bits per heavy atom. The summed E-state index contributed by atoms with van der Waals surface area (Å²) in [5.74, 6) is -0.258. The molecule has 1 saturated heterocycles. The maximum Gasteiger partial charge on any atom is 0.246 e. The van der Waals surface area contributed by atoms with Gasteiger partial charge in [0, 0.05) is 12.8 Å². The van der Waals surface area contributed by atoms with Crippen LogP contribution in [0, 0.1) is 0 Å². The van der Waals surface area contributed by atoms with Crippen LogP contribution in [0.1, 0.15) is 40.0 Å². The van der Waals surface area contributed by atoms with E-state index in [-0.39, 0.29) is 17.6 Å². The molecule has 6 nitrogen and oxygen atoms in total. The predicted octanol–water partition coefficient (Wildman–Crippen LogP) is 0.327. The summed E-state index contributed by atoms with van der Waals surface area (Å²) >= 11 is 0. The highest BCUT2D eigenvalue weighted by atomic mass is 32.2. The number of nitrogens with one attached hydrogen (secondary N) is 1. The molecule has 1 heterocycles. The van der Waals surface area contributed by atoms with E-state index in [1.165, 1.54) is 6.26 Å². The monoisotopic (exact) mass is 304 g/mol. The van der Waals surface area contributed by atoms with Crippen LogP contribution in [0.25, 0.3) is 0 Å². The fraction of sp³-hybridized carbons (Fsp3) is 0.846. The molecule has 0 aromatic carbocycles. The van der Waals surface area contributed by atoms with Gasteiger partial charge in [0.25, 0.3) is 0 Å². The lowest BCUT2D eigenvalue weighted by Crippen LogP contribution is -2.69. The van der Waals surface area contributed by atoms with Crippen molar-refractivity contribution in [2.24, 2.45) is 0 Å². The second kappa shape index (κ2) is 6.11. The maximum absolute atomic E-state index is 12.3. The minimum Gasteiger partial charge on any atom is -0.343 e.